The lowest BCUT2D eigenvalue weighted by molar-refractivity contribution is 0.135. The van der Waals surface area contributed by atoms with E-state index in [1.807, 2.05) is 0 Å². The summed E-state index contributed by atoms with van der Waals surface area (Å²) in [7, 11) is 0. The fourth-order valence-corrected chi connectivity index (χ4v) is 5.67. The van der Waals surface area contributed by atoms with Gasteiger partial charge in [-0.2, -0.15) is 0 Å². The zero-order valence-corrected chi connectivity index (χ0v) is 25.0. The van der Waals surface area contributed by atoms with Gasteiger partial charge >= 0.3 is 0 Å². The molecule has 0 bridgehead atoms. The number of nitrogens with zero attached hydrogens (tertiary/aromatic N) is 1. The van der Waals surface area contributed by atoms with Crippen LogP contribution in [0.4, 0.5) is 0 Å². The molecule has 0 saturated heterocycles. The van der Waals surface area contributed by atoms with Crippen molar-refractivity contribution in [3.05, 3.63) is 0 Å². The van der Waals surface area contributed by atoms with Crippen molar-refractivity contribution in [1.29, 1.82) is 0 Å². The first-order valence-corrected chi connectivity index (χ1v) is 16.4. The maximum atomic E-state index is 2.84. The van der Waals surface area contributed by atoms with Crippen LogP contribution in [0.1, 0.15) is 195 Å². The Morgan fingerprint density at radius 2 is 0.618 bits per heavy atom. The normalized spacial score (nSPS) is 13.6. The molecule has 0 heterocycles. The highest BCUT2D eigenvalue weighted by Gasteiger charge is 2.18. The zero-order chi connectivity index (χ0) is 25.1. The third-order valence-electron chi connectivity index (χ3n) is 8.07. The van der Waals surface area contributed by atoms with Gasteiger partial charge in [0.1, 0.15) is 0 Å². The average molecular weight is 480 g/mol. The second kappa shape index (κ2) is 27.5. The van der Waals surface area contributed by atoms with Crippen molar-refractivity contribution in [2.24, 2.45) is 0 Å². The summed E-state index contributed by atoms with van der Waals surface area (Å²) in [6.45, 7) is 13.3. The summed E-state index contributed by atoms with van der Waals surface area (Å²) in [5, 5.41) is 0. The molecule has 0 spiro atoms. The van der Waals surface area contributed by atoms with E-state index in [-0.39, 0.29) is 0 Å². The van der Waals surface area contributed by atoms with Gasteiger partial charge in [-0.05, 0) is 39.7 Å². The van der Waals surface area contributed by atoms with Gasteiger partial charge < -0.3 is 0 Å². The van der Waals surface area contributed by atoms with Crippen LogP contribution in [0, 0.1) is 0 Å². The highest BCUT2D eigenvalue weighted by Crippen LogP contribution is 2.19. The minimum Gasteiger partial charge on any atom is -0.298 e. The highest BCUT2D eigenvalue weighted by atomic mass is 15.2. The van der Waals surface area contributed by atoms with Crippen LogP contribution in [0.5, 0.6) is 0 Å². The van der Waals surface area contributed by atoms with Gasteiger partial charge in [0, 0.05) is 12.1 Å². The molecule has 0 saturated carbocycles. The fraction of sp³-hybridized carbons (Fsp3) is 1.00. The molecular formula is C33H69N. The van der Waals surface area contributed by atoms with E-state index >= 15 is 0 Å². The van der Waals surface area contributed by atoms with E-state index < -0.39 is 0 Å². The molecule has 206 valence electrons. The molecule has 2 unspecified atom stereocenters. The summed E-state index contributed by atoms with van der Waals surface area (Å²) < 4.78 is 0. The molecule has 2 atom stereocenters. The maximum Gasteiger partial charge on any atom is 0.00697 e. The van der Waals surface area contributed by atoms with E-state index in [0.29, 0.717) is 0 Å². The Kier molecular flexibility index (Phi) is 27.5. The molecule has 0 amide bonds. The van der Waals surface area contributed by atoms with E-state index in [4.69, 9.17) is 0 Å². The Balaban J connectivity index is 3.73. The number of hydrogen-bond donors (Lipinski definition) is 0. The molecular weight excluding hydrogens is 410 g/mol. The highest BCUT2D eigenvalue weighted by molar-refractivity contribution is 4.74. The van der Waals surface area contributed by atoms with Crippen LogP contribution in [-0.4, -0.2) is 23.5 Å². The van der Waals surface area contributed by atoms with Crippen molar-refractivity contribution in [2.45, 2.75) is 207 Å². The summed E-state index contributed by atoms with van der Waals surface area (Å²) in [5.74, 6) is 0. The van der Waals surface area contributed by atoms with Gasteiger partial charge in [-0.15, -0.1) is 0 Å². The first kappa shape index (κ1) is 34.0. The summed E-state index contributed by atoms with van der Waals surface area (Å²) in [5.41, 5.74) is 0. The first-order chi connectivity index (χ1) is 16.7. The van der Waals surface area contributed by atoms with E-state index in [2.05, 4.69) is 39.5 Å². The van der Waals surface area contributed by atoms with Crippen molar-refractivity contribution in [3.63, 3.8) is 0 Å². The van der Waals surface area contributed by atoms with Crippen LogP contribution in [0.2, 0.25) is 0 Å². The van der Waals surface area contributed by atoms with Crippen LogP contribution < -0.4 is 0 Å². The summed E-state index contributed by atoms with van der Waals surface area (Å²) >= 11 is 0. The zero-order valence-electron chi connectivity index (χ0n) is 25.0. The number of hydrogen-bond acceptors (Lipinski definition) is 1. The Bertz CT molecular complexity index is 334. The molecule has 0 N–H and O–H groups in total. The quantitative estimate of drug-likeness (QED) is 0.101. The minimum atomic E-state index is 0.765. The summed E-state index contributed by atoms with van der Waals surface area (Å²) in [4.78, 5) is 2.84. The van der Waals surface area contributed by atoms with E-state index in [9.17, 15) is 0 Å². The summed E-state index contributed by atoms with van der Waals surface area (Å²) in [6, 6.07) is 1.53. The lowest BCUT2D eigenvalue weighted by atomic mass is 10.0. The Morgan fingerprint density at radius 3 is 0.882 bits per heavy atom. The van der Waals surface area contributed by atoms with Crippen molar-refractivity contribution in [1.82, 2.24) is 4.90 Å². The number of unbranched alkanes of at least 4 members (excludes halogenated alkanes) is 20. The van der Waals surface area contributed by atoms with Crippen LogP contribution in [0.25, 0.3) is 0 Å². The second-order valence-corrected chi connectivity index (χ2v) is 11.6. The van der Waals surface area contributed by atoms with Gasteiger partial charge in [-0.3, -0.25) is 4.90 Å². The maximum absolute atomic E-state index is 2.84. The molecule has 0 rings (SSSR count). The minimum absolute atomic E-state index is 0.765. The SMILES string of the molecule is CCCCCCCCCCCCCC(C)N(CCC)C(C)CCCCCCCCCCCCC. The third-order valence-corrected chi connectivity index (χ3v) is 8.07. The number of rotatable bonds is 28. The third kappa shape index (κ3) is 22.4. The predicted octanol–water partition coefficient (Wildman–Crippen LogP) is 11.9. The molecule has 34 heavy (non-hydrogen) atoms. The second-order valence-electron chi connectivity index (χ2n) is 11.6. The van der Waals surface area contributed by atoms with Crippen molar-refractivity contribution in [3.8, 4) is 0 Å². The molecule has 0 aliphatic carbocycles. The average Bonchev–Trinajstić information content (AvgIpc) is 2.84. The molecule has 0 aromatic rings. The molecule has 1 heteroatoms. The van der Waals surface area contributed by atoms with Gasteiger partial charge in [0.25, 0.3) is 0 Å². The molecule has 0 aliphatic rings. The molecule has 0 aromatic heterocycles. The molecule has 0 radical (unpaired) electrons. The summed E-state index contributed by atoms with van der Waals surface area (Å²) in [6.07, 6.45) is 36.0. The van der Waals surface area contributed by atoms with Crippen LogP contribution in [-0.2, 0) is 0 Å². The van der Waals surface area contributed by atoms with Gasteiger partial charge in [-0.25, -0.2) is 0 Å². The predicted molar refractivity (Wildman–Crippen MR) is 158 cm³/mol. The van der Waals surface area contributed by atoms with Crippen LogP contribution in [0.3, 0.4) is 0 Å². The Morgan fingerprint density at radius 1 is 0.353 bits per heavy atom. The van der Waals surface area contributed by atoms with Gasteiger partial charge in [-0.1, -0.05) is 162 Å². The topological polar surface area (TPSA) is 3.24 Å². The van der Waals surface area contributed by atoms with Gasteiger partial charge in [0.05, 0.1) is 0 Å². The first-order valence-electron chi connectivity index (χ1n) is 16.4. The smallest absolute Gasteiger partial charge is 0.00697 e. The largest absolute Gasteiger partial charge is 0.298 e. The van der Waals surface area contributed by atoms with Crippen molar-refractivity contribution in [2.75, 3.05) is 6.54 Å². The molecule has 0 fully saturated rings. The van der Waals surface area contributed by atoms with Crippen LogP contribution >= 0.6 is 0 Å². The van der Waals surface area contributed by atoms with Crippen molar-refractivity contribution < 1.29 is 0 Å². The molecule has 0 aromatic carbocycles. The molecule has 0 aliphatic heterocycles. The monoisotopic (exact) mass is 480 g/mol. The standard InChI is InChI=1S/C33H69N/c1-6-9-11-13-15-17-19-21-23-25-27-29-32(4)34(31-8-3)33(5)30-28-26-24-22-20-18-16-14-12-10-7-2/h32-33H,6-31H2,1-5H3. The fourth-order valence-electron chi connectivity index (χ4n) is 5.67. The van der Waals surface area contributed by atoms with Crippen molar-refractivity contribution >= 4 is 0 Å². The van der Waals surface area contributed by atoms with Gasteiger partial charge in [0.2, 0.25) is 0 Å². The lowest BCUT2D eigenvalue weighted by Gasteiger charge is -2.34. The molecule has 1 nitrogen and oxygen atoms in total. The Hall–Kier alpha value is -0.0400. The van der Waals surface area contributed by atoms with E-state index in [1.54, 1.807) is 0 Å². The Labute approximate surface area is 218 Å². The van der Waals surface area contributed by atoms with E-state index in [0.717, 1.165) is 12.1 Å². The lowest BCUT2D eigenvalue weighted by Crippen LogP contribution is -2.40. The van der Waals surface area contributed by atoms with Crippen LogP contribution in [0.15, 0.2) is 0 Å². The van der Waals surface area contributed by atoms with E-state index in [1.165, 1.54) is 167 Å². The van der Waals surface area contributed by atoms with Gasteiger partial charge in [0.15, 0.2) is 0 Å².